The first kappa shape index (κ1) is 20.1. The van der Waals surface area contributed by atoms with E-state index in [1.165, 1.54) is 29.6 Å². The van der Waals surface area contributed by atoms with Crippen LogP contribution in [0.25, 0.3) is 0 Å². The molecule has 2 heterocycles. The number of primary amides is 1. The second kappa shape index (κ2) is 7.58. The fraction of sp³-hybridized carbons (Fsp3) is 0.238. The van der Waals surface area contributed by atoms with Crippen molar-refractivity contribution in [3.05, 3.63) is 77.1 Å². The lowest BCUT2D eigenvalue weighted by atomic mass is 9.87. The summed E-state index contributed by atoms with van der Waals surface area (Å²) in [7, 11) is -0.649. The molecule has 1 aromatic heterocycles. The number of ether oxygens (including phenoxy) is 1. The molecule has 4 rings (SSSR count). The number of benzene rings is 2. The Bertz CT molecular complexity index is 1220. The zero-order valence-electron chi connectivity index (χ0n) is 16.6. The number of aryl methyl sites for hydroxylation is 1. The number of carbonyl (C=O) groups excluding carboxylic acids is 1. The summed E-state index contributed by atoms with van der Waals surface area (Å²) >= 11 is 0. The Hall–Kier alpha value is -3.17. The van der Waals surface area contributed by atoms with Crippen molar-refractivity contribution in [3.63, 3.8) is 0 Å². The summed E-state index contributed by atoms with van der Waals surface area (Å²) in [6, 6.07) is 12.0. The van der Waals surface area contributed by atoms with Crippen LogP contribution in [-0.4, -0.2) is 42.1 Å². The zero-order chi connectivity index (χ0) is 21.5. The van der Waals surface area contributed by atoms with Gasteiger partial charge in [-0.1, -0.05) is 24.3 Å². The number of methoxy groups -OCH3 is 1. The summed E-state index contributed by atoms with van der Waals surface area (Å²) in [5.41, 5.74) is 8.40. The van der Waals surface area contributed by atoms with Crippen LogP contribution in [0, 0.1) is 0 Å². The lowest BCUT2D eigenvalue weighted by Gasteiger charge is -2.33. The second-order valence-electron chi connectivity index (χ2n) is 7.22. The highest BCUT2D eigenvalue weighted by atomic mass is 32.2. The van der Waals surface area contributed by atoms with Crippen LogP contribution in [0.1, 0.15) is 33.0 Å². The molecule has 1 aliphatic rings. The van der Waals surface area contributed by atoms with Crippen molar-refractivity contribution in [2.24, 2.45) is 12.8 Å². The predicted octanol–water partition coefficient (Wildman–Crippen LogP) is 1.86. The van der Waals surface area contributed by atoms with E-state index in [1.54, 1.807) is 10.9 Å². The van der Waals surface area contributed by atoms with Crippen molar-refractivity contribution in [1.29, 1.82) is 0 Å². The molecule has 9 heteroatoms. The van der Waals surface area contributed by atoms with Crippen molar-refractivity contribution in [3.8, 4) is 5.75 Å². The Kier molecular flexibility index (Phi) is 5.08. The van der Waals surface area contributed by atoms with Gasteiger partial charge in [0.25, 0.3) is 5.91 Å². The molecule has 0 radical (unpaired) electrons. The van der Waals surface area contributed by atoms with Crippen molar-refractivity contribution in [2.45, 2.75) is 17.4 Å². The molecule has 1 unspecified atom stereocenters. The minimum Gasteiger partial charge on any atom is -0.496 e. The van der Waals surface area contributed by atoms with Crippen LogP contribution in [0.15, 0.2) is 59.8 Å². The number of hydrogen-bond acceptors (Lipinski definition) is 5. The Morgan fingerprint density at radius 1 is 1.23 bits per heavy atom. The number of hydrogen-bond donors (Lipinski definition) is 1. The highest BCUT2D eigenvalue weighted by Crippen LogP contribution is 2.36. The van der Waals surface area contributed by atoms with Crippen LogP contribution in [0.4, 0.5) is 0 Å². The number of carbonyl (C=O) groups is 1. The highest BCUT2D eigenvalue weighted by Gasteiger charge is 2.35. The third-order valence-electron chi connectivity index (χ3n) is 5.36. The Morgan fingerprint density at radius 2 is 2.00 bits per heavy atom. The summed E-state index contributed by atoms with van der Waals surface area (Å²) in [5.74, 6) is -0.660. The Labute approximate surface area is 174 Å². The number of nitrogens with two attached hydrogens (primary N) is 1. The van der Waals surface area contributed by atoms with Gasteiger partial charge in [-0.25, -0.2) is 8.42 Å². The normalized spacial score (nSPS) is 16.8. The van der Waals surface area contributed by atoms with E-state index in [2.05, 4.69) is 5.10 Å². The van der Waals surface area contributed by atoms with E-state index in [0.29, 0.717) is 0 Å². The molecule has 0 bridgehead atoms. The number of nitrogens with zero attached hydrogens (tertiary/aromatic N) is 3. The maximum absolute atomic E-state index is 13.5. The molecule has 0 saturated carbocycles. The fourth-order valence-corrected chi connectivity index (χ4v) is 5.31. The molecule has 1 atom stereocenters. The Morgan fingerprint density at radius 3 is 2.67 bits per heavy atom. The minimum atomic E-state index is -3.88. The zero-order valence-corrected chi connectivity index (χ0v) is 17.5. The molecule has 0 saturated heterocycles. The van der Waals surface area contributed by atoms with Crippen molar-refractivity contribution < 1.29 is 17.9 Å². The van der Waals surface area contributed by atoms with Gasteiger partial charge in [0.1, 0.15) is 5.75 Å². The number of amides is 1. The van der Waals surface area contributed by atoms with Gasteiger partial charge in [0.05, 0.1) is 23.8 Å². The maximum Gasteiger partial charge on any atom is 0.252 e. The number of sulfonamides is 1. The molecule has 0 spiro atoms. The number of fused-ring (bicyclic) bond motifs is 1. The maximum atomic E-state index is 13.5. The molecular formula is C21H22N4O4S. The van der Waals surface area contributed by atoms with Gasteiger partial charge >= 0.3 is 0 Å². The first-order valence-electron chi connectivity index (χ1n) is 9.35. The largest absolute Gasteiger partial charge is 0.496 e. The standard InChI is InChI=1S/C21H22N4O4S/c1-24-11-15(10-23-24)19-13-25(12-14-5-3-4-6-17(14)19)30(27,28)16-7-8-20(29-2)18(9-16)21(22)26/h3-11,19H,12-13H2,1-2H3,(H2,22,26). The molecule has 30 heavy (non-hydrogen) atoms. The third-order valence-corrected chi connectivity index (χ3v) is 7.17. The average Bonchev–Trinajstić information content (AvgIpc) is 3.18. The first-order valence-corrected chi connectivity index (χ1v) is 10.8. The number of rotatable bonds is 5. The lowest BCUT2D eigenvalue weighted by molar-refractivity contribution is 0.0997. The lowest BCUT2D eigenvalue weighted by Crippen LogP contribution is -2.38. The molecule has 2 N–H and O–H groups in total. The summed E-state index contributed by atoms with van der Waals surface area (Å²) < 4.78 is 35.2. The molecule has 0 aliphatic carbocycles. The van der Waals surface area contributed by atoms with Gasteiger partial charge in [-0.3, -0.25) is 9.48 Å². The van der Waals surface area contributed by atoms with Crippen LogP contribution >= 0.6 is 0 Å². The van der Waals surface area contributed by atoms with Gasteiger partial charge in [0.15, 0.2) is 0 Å². The van der Waals surface area contributed by atoms with Gasteiger partial charge in [-0.05, 0) is 34.9 Å². The average molecular weight is 426 g/mol. The van der Waals surface area contributed by atoms with E-state index in [-0.39, 0.29) is 35.2 Å². The minimum absolute atomic E-state index is 0.00131. The van der Waals surface area contributed by atoms with Gasteiger partial charge in [0, 0.05) is 32.3 Å². The molecule has 1 aliphatic heterocycles. The van der Waals surface area contributed by atoms with E-state index < -0.39 is 15.9 Å². The first-order chi connectivity index (χ1) is 14.3. The molecule has 2 aromatic carbocycles. The SMILES string of the molecule is COc1ccc(S(=O)(=O)N2Cc3ccccc3C(c3cnn(C)c3)C2)cc1C(N)=O. The van der Waals surface area contributed by atoms with Crippen LogP contribution in [0.5, 0.6) is 5.75 Å². The molecule has 8 nitrogen and oxygen atoms in total. The van der Waals surface area contributed by atoms with E-state index >= 15 is 0 Å². The quantitative estimate of drug-likeness (QED) is 0.670. The Balaban J connectivity index is 1.77. The van der Waals surface area contributed by atoms with Gasteiger partial charge < -0.3 is 10.5 Å². The molecule has 3 aromatic rings. The van der Waals surface area contributed by atoms with E-state index in [9.17, 15) is 13.2 Å². The van der Waals surface area contributed by atoms with Crippen molar-refractivity contribution in [1.82, 2.24) is 14.1 Å². The second-order valence-corrected chi connectivity index (χ2v) is 9.16. The predicted molar refractivity (Wildman–Crippen MR) is 111 cm³/mol. The van der Waals surface area contributed by atoms with Crippen LogP contribution < -0.4 is 10.5 Å². The summed E-state index contributed by atoms with van der Waals surface area (Å²) in [6.45, 7) is 0.510. The van der Waals surface area contributed by atoms with E-state index in [4.69, 9.17) is 10.5 Å². The molecule has 156 valence electrons. The van der Waals surface area contributed by atoms with Gasteiger partial charge in [0.2, 0.25) is 10.0 Å². The molecule has 1 amide bonds. The van der Waals surface area contributed by atoms with E-state index in [1.807, 2.05) is 37.5 Å². The van der Waals surface area contributed by atoms with Crippen LogP contribution in [0.2, 0.25) is 0 Å². The van der Waals surface area contributed by atoms with Crippen molar-refractivity contribution >= 4 is 15.9 Å². The molecule has 0 fully saturated rings. The summed E-state index contributed by atoms with van der Waals surface area (Å²) in [4.78, 5) is 11.8. The highest BCUT2D eigenvalue weighted by molar-refractivity contribution is 7.89. The topological polar surface area (TPSA) is 108 Å². The number of aromatic nitrogens is 2. The van der Waals surface area contributed by atoms with Crippen LogP contribution in [0.3, 0.4) is 0 Å². The van der Waals surface area contributed by atoms with Gasteiger partial charge in [-0.15, -0.1) is 0 Å². The third kappa shape index (κ3) is 3.46. The van der Waals surface area contributed by atoms with Crippen LogP contribution in [-0.2, 0) is 23.6 Å². The monoisotopic (exact) mass is 426 g/mol. The molecular weight excluding hydrogens is 404 g/mol. The summed E-state index contributed by atoms with van der Waals surface area (Å²) in [5, 5.41) is 4.24. The smallest absolute Gasteiger partial charge is 0.252 e. The summed E-state index contributed by atoms with van der Waals surface area (Å²) in [6.07, 6.45) is 3.66. The fourth-order valence-electron chi connectivity index (χ4n) is 3.85. The van der Waals surface area contributed by atoms with E-state index in [0.717, 1.165) is 16.7 Å². The van der Waals surface area contributed by atoms with Gasteiger partial charge in [-0.2, -0.15) is 9.40 Å². The van der Waals surface area contributed by atoms with Crippen molar-refractivity contribution in [2.75, 3.05) is 13.7 Å².